The van der Waals surface area contributed by atoms with Crippen LogP contribution in [0.25, 0.3) is 0 Å². The zero-order chi connectivity index (χ0) is 12.9. The summed E-state index contributed by atoms with van der Waals surface area (Å²) in [6.45, 7) is 1.36. The van der Waals surface area contributed by atoms with Crippen LogP contribution in [0, 0.1) is 0 Å². The van der Waals surface area contributed by atoms with Gasteiger partial charge in [0.2, 0.25) is 0 Å². The van der Waals surface area contributed by atoms with Gasteiger partial charge in [-0.15, -0.1) is 11.3 Å². The molecule has 1 aromatic heterocycles. The van der Waals surface area contributed by atoms with E-state index in [1.54, 1.807) is 11.3 Å². The Bertz CT molecular complexity index is 598. The number of hydrogen-bond donors (Lipinski definition) is 0. The van der Waals surface area contributed by atoms with E-state index in [-0.39, 0.29) is 11.5 Å². The monoisotopic (exact) mass is 273 g/mol. The van der Waals surface area contributed by atoms with Crippen LogP contribution in [-0.4, -0.2) is 25.3 Å². The first-order chi connectivity index (χ1) is 9.31. The quantitative estimate of drug-likeness (QED) is 0.797. The van der Waals surface area contributed by atoms with Crippen molar-refractivity contribution in [3.8, 4) is 5.75 Å². The van der Waals surface area contributed by atoms with E-state index in [0.717, 1.165) is 5.75 Å². The van der Waals surface area contributed by atoms with Gasteiger partial charge in [-0.1, -0.05) is 24.3 Å². The number of likely N-dealkylation sites (N-methyl/N-ethyl adjacent to an activating group) is 1. The summed E-state index contributed by atoms with van der Waals surface area (Å²) in [5.74, 6) is 0.983. The van der Waals surface area contributed by atoms with Crippen LogP contribution < -0.4 is 4.74 Å². The standard InChI is InChI=1S/C15H15NO2S/c1-16-14-11-5-2-3-6-12(11)17-9-15(14,10-18-16)13-7-4-8-19-13/h2-8,14H,9-10H2,1H3/t14-,15-/m1/s1. The summed E-state index contributed by atoms with van der Waals surface area (Å²) in [5.41, 5.74) is 1.15. The molecule has 0 bridgehead atoms. The van der Waals surface area contributed by atoms with Crippen LogP contribution in [0.1, 0.15) is 16.5 Å². The molecule has 3 heterocycles. The number of hydrogen-bond acceptors (Lipinski definition) is 4. The van der Waals surface area contributed by atoms with Gasteiger partial charge in [-0.2, -0.15) is 5.06 Å². The summed E-state index contributed by atoms with van der Waals surface area (Å²) in [7, 11) is 2.02. The molecular formula is C15H15NO2S. The third-order valence-corrected chi connectivity index (χ3v) is 5.21. The van der Waals surface area contributed by atoms with E-state index in [0.29, 0.717) is 13.2 Å². The minimum absolute atomic E-state index is 0.0722. The van der Waals surface area contributed by atoms with Gasteiger partial charge in [-0.3, -0.25) is 4.84 Å². The van der Waals surface area contributed by atoms with Gasteiger partial charge in [0.25, 0.3) is 0 Å². The van der Waals surface area contributed by atoms with Crippen molar-refractivity contribution in [1.29, 1.82) is 0 Å². The molecule has 2 atom stereocenters. The van der Waals surface area contributed by atoms with Crippen LogP contribution >= 0.6 is 11.3 Å². The predicted octanol–water partition coefficient (Wildman–Crippen LogP) is 3.00. The molecule has 4 heteroatoms. The fourth-order valence-electron chi connectivity index (χ4n) is 3.22. The molecule has 19 heavy (non-hydrogen) atoms. The molecular weight excluding hydrogens is 258 g/mol. The van der Waals surface area contributed by atoms with Gasteiger partial charge in [-0.05, 0) is 17.5 Å². The van der Waals surface area contributed by atoms with Gasteiger partial charge in [0, 0.05) is 17.5 Å². The van der Waals surface area contributed by atoms with E-state index in [1.807, 2.05) is 24.2 Å². The second kappa shape index (κ2) is 4.07. The van der Waals surface area contributed by atoms with Gasteiger partial charge >= 0.3 is 0 Å². The maximum absolute atomic E-state index is 6.01. The summed E-state index contributed by atoms with van der Waals surface area (Å²) in [6.07, 6.45) is 0. The van der Waals surface area contributed by atoms with E-state index < -0.39 is 0 Å². The van der Waals surface area contributed by atoms with Crippen molar-refractivity contribution in [1.82, 2.24) is 5.06 Å². The summed E-state index contributed by atoms with van der Waals surface area (Å²) in [4.78, 5) is 7.19. The van der Waals surface area contributed by atoms with E-state index in [9.17, 15) is 0 Å². The second-order valence-electron chi connectivity index (χ2n) is 5.18. The van der Waals surface area contributed by atoms with Gasteiger partial charge in [-0.25, -0.2) is 0 Å². The Labute approximate surface area is 116 Å². The molecule has 0 aliphatic carbocycles. The maximum Gasteiger partial charge on any atom is 0.124 e. The average molecular weight is 273 g/mol. The van der Waals surface area contributed by atoms with Crippen molar-refractivity contribution >= 4 is 11.3 Å². The minimum Gasteiger partial charge on any atom is -0.492 e. The van der Waals surface area contributed by atoms with E-state index >= 15 is 0 Å². The lowest BCUT2D eigenvalue weighted by atomic mass is 9.76. The number of thiophene rings is 1. The number of fused-ring (bicyclic) bond motifs is 3. The zero-order valence-electron chi connectivity index (χ0n) is 10.7. The Balaban J connectivity index is 1.90. The molecule has 98 valence electrons. The molecule has 3 nitrogen and oxygen atoms in total. The van der Waals surface area contributed by atoms with E-state index in [1.165, 1.54) is 10.4 Å². The number of nitrogens with zero attached hydrogens (tertiary/aromatic N) is 1. The Kier molecular flexibility index (Phi) is 2.45. The van der Waals surface area contributed by atoms with E-state index in [4.69, 9.17) is 9.57 Å². The largest absolute Gasteiger partial charge is 0.492 e. The fraction of sp³-hybridized carbons (Fsp3) is 0.333. The normalized spacial score (nSPS) is 29.6. The van der Waals surface area contributed by atoms with Gasteiger partial charge in [0.1, 0.15) is 12.4 Å². The first-order valence-electron chi connectivity index (χ1n) is 6.43. The first-order valence-corrected chi connectivity index (χ1v) is 7.31. The van der Waals surface area contributed by atoms with Crippen molar-refractivity contribution in [3.63, 3.8) is 0 Å². The third-order valence-electron chi connectivity index (χ3n) is 4.12. The van der Waals surface area contributed by atoms with Gasteiger partial charge in [0.05, 0.1) is 18.1 Å². The Morgan fingerprint density at radius 3 is 2.95 bits per heavy atom. The lowest BCUT2D eigenvalue weighted by Crippen LogP contribution is -2.43. The molecule has 2 aliphatic heterocycles. The van der Waals surface area contributed by atoms with Crippen LogP contribution in [0.2, 0.25) is 0 Å². The lowest BCUT2D eigenvalue weighted by molar-refractivity contribution is -0.111. The van der Waals surface area contributed by atoms with Crippen LogP contribution in [0.5, 0.6) is 5.75 Å². The van der Waals surface area contributed by atoms with Gasteiger partial charge in [0.15, 0.2) is 0 Å². The summed E-state index contributed by atoms with van der Waals surface area (Å²) >= 11 is 1.79. The highest BCUT2D eigenvalue weighted by Gasteiger charge is 2.54. The molecule has 0 radical (unpaired) electrons. The number of ether oxygens (including phenoxy) is 1. The van der Waals surface area contributed by atoms with Gasteiger partial charge < -0.3 is 4.74 Å². The van der Waals surface area contributed by atoms with Crippen molar-refractivity contribution in [3.05, 3.63) is 52.2 Å². The van der Waals surface area contributed by atoms with Crippen molar-refractivity contribution in [2.45, 2.75) is 11.5 Å². The van der Waals surface area contributed by atoms with Crippen molar-refractivity contribution in [2.75, 3.05) is 20.3 Å². The van der Waals surface area contributed by atoms with Crippen LogP contribution in [0.3, 0.4) is 0 Å². The topological polar surface area (TPSA) is 21.7 Å². The fourth-order valence-corrected chi connectivity index (χ4v) is 4.14. The van der Waals surface area contributed by atoms with Crippen molar-refractivity contribution < 1.29 is 9.57 Å². The first kappa shape index (κ1) is 11.5. The smallest absolute Gasteiger partial charge is 0.124 e. The Hall–Kier alpha value is -1.36. The molecule has 1 aromatic carbocycles. The molecule has 2 aromatic rings. The highest BCUT2D eigenvalue weighted by Crippen LogP contribution is 2.52. The number of hydroxylamine groups is 2. The zero-order valence-corrected chi connectivity index (χ0v) is 11.5. The molecule has 0 spiro atoms. The molecule has 0 N–H and O–H groups in total. The third kappa shape index (κ3) is 1.51. The van der Waals surface area contributed by atoms with Crippen LogP contribution in [-0.2, 0) is 10.3 Å². The lowest BCUT2D eigenvalue weighted by Gasteiger charge is -2.39. The van der Waals surface area contributed by atoms with Crippen LogP contribution in [0.15, 0.2) is 41.8 Å². The number of benzene rings is 1. The molecule has 0 amide bonds. The molecule has 0 unspecified atom stereocenters. The molecule has 1 saturated heterocycles. The minimum atomic E-state index is -0.0722. The highest BCUT2D eigenvalue weighted by molar-refractivity contribution is 7.10. The SMILES string of the molecule is CN1OC[C@@]2(c3cccs3)COc3ccccc3[C@@H]12. The molecule has 4 rings (SSSR count). The van der Waals surface area contributed by atoms with E-state index in [2.05, 4.69) is 29.6 Å². The average Bonchev–Trinajstić information content (AvgIpc) is 3.08. The Morgan fingerprint density at radius 1 is 1.21 bits per heavy atom. The molecule has 0 saturated carbocycles. The summed E-state index contributed by atoms with van der Waals surface area (Å²) in [5, 5.41) is 4.11. The molecule has 1 fully saturated rings. The highest BCUT2D eigenvalue weighted by atomic mass is 32.1. The van der Waals surface area contributed by atoms with Crippen LogP contribution in [0.4, 0.5) is 0 Å². The summed E-state index contributed by atoms with van der Waals surface area (Å²) < 4.78 is 6.01. The maximum atomic E-state index is 6.01. The summed E-state index contributed by atoms with van der Waals surface area (Å²) in [6, 6.07) is 12.8. The predicted molar refractivity (Wildman–Crippen MR) is 74.4 cm³/mol. The number of para-hydroxylation sites is 1. The Morgan fingerprint density at radius 2 is 2.11 bits per heavy atom. The van der Waals surface area contributed by atoms with Crippen molar-refractivity contribution in [2.24, 2.45) is 0 Å². The number of rotatable bonds is 1. The molecule has 2 aliphatic rings. The second-order valence-corrected chi connectivity index (χ2v) is 6.13.